The van der Waals surface area contributed by atoms with E-state index < -0.39 is 15.7 Å². The van der Waals surface area contributed by atoms with E-state index in [-0.39, 0.29) is 31.2 Å². The zero-order valence-corrected chi connectivity index (χ0v) is 13.6. The number of rotatable bonds is 2. The summed E-state index contributed by atoms with van der Waals surface area (Å²) in [4.78, 5) is -0.273. The quantitative estimate of drug-likeness (QED) is 0.797. The third kappa shape index (κ3) is 2.12. The molecule has 0 atom stereocenters. The zero-order valence-electron chi connectivity index (χ0n) is 11.2. The van der Waals surface area contributed by atoms with Crippen molar-refractivity contribution in [2.24, 2.45) is 0 Å². The molecule has 114 valence electrons. The molecule has 0 unspecified atom stereocenters. The van der Waals surface area contributed by atoms with Crippen LogP contribution in [-0.4, -0.2) is 15.5 Å². The molecule has 0 radical (unpaired) electrons. The molecule has 1 aliphatic heterocycles. The van der Waals surface area contributed by atoms with Crippen LogP contribution in [0.1, 0.15) is 11.1 Å². The van der Waals surface area contributed by atoms with Crippen LogP contribution in [0.3, 0.4) is 0 Å². The highest BCUT2D eigenvalue weighted by Gasteiger charge is 2.36. The van der Waals surface area contributed by atoms with Crippen LogP contribution in [0.4, 0.5) is 4.39 Å². The van der Waals surface area contributed by atoms with Gasteiger partial charge in [-0.25, -0.2) is 12.8 Å². The minimum Gasteiger partial charge on any atom is -0.495 e. The Balaban J connectivity index is 2.31. The van der Waals surface area contributed by atoms with Crippen LogP contribution in [0.25, 0.3) is 11.0 Å². The molecule has 0 saturated carbocycles. The Labute approximate surface area is 136 Å². The average molecular weight is 359 g/mol. The van der Waals surface area contributed by atoms with Crippen molar-refractivity contribution in [1.82, 2.24) is 0 Å². The summed E-state index contributed by atoms with van der Waals surface area (Å²) >= 11 is 12.1. The highest BCUT2D eigenvalue weighted by Crippen LogP contribution is 2.48. The molecule has 0 fully saturated rings. The standard InChI is InChI=1S/C15H9Cl2FO3S/c1-21-11-6-8-7-12(9-4-2-3-5-10(9)18)22(19,20)15(8)14(17)13(11)16/h2-7H,1H3. The highest BCUT2D eigenvalue weighted by atomic mass is 35.5. The van der Waals surface area contributed by atoms with Gasteiger partial charge in [0.1, 0.15) is 16.6 Å². The van der Waals surface area contributed by atoms with Gasteiger partial charge in [0, 0.05) is 11.1 Å². The molecule has 3 nitrogen and oxygen atoms in total. The largest absolute Gasteiger partial charge is 0.495 e. The first kappa shape index (κ1) is 15.3. The smallest absolute Gasteiger partial charge is 0.209 e. The Morgan fingerprint density at radius 1 is 1.14 bits per heavy atom. The molecule has 0 N–H and O–H groups in total. The fourth-order valence-corrected chi connectivity index (χ4v) is 4.86. The van der Waals surface area contributed by atoms with Crippen molar-refractivity contribution in [2.75, 3.05) is 7.11 Å². The fourth-order valence-electron chi connectivity index (χ4n) is 2.35. The van der Waals surface area contributed by atoms with E-state index >= 15 is 0 Å². The van der Waals surface area contributed by atoms with Gasteiger partial charge in [0.15, 0.2) is 0 Å². The Morgan fingerprint density at radius 3 is 2.45 bits per heavy atom. The molecule has 2 aromatic rings. The van der Waals surface area contributed by atoms with Gasteiger partial charge in [0.25, 0.3) is 0 Å². The Morgan fingerprint density at radius 2 is 1.82 bits per heavy atom. The predicted octanol–water partition coefficient (Wildman–Crippen LogP) is 4.43. The molecule has 7 heteroatoms. The van der Waals surface area contributed by atoms with E-state index in [4.69, 9.17) is 27.9 Å². The van der Waals surface area contributed by atoms with E-state index in [1.807, 2.05) is 0 Å². The van der Waals surface area contributed by atoms with Crippen LogP contribution in [-0.2, 0) is 9.84 Å². The molecule has 0 saturated heterocycles. The minimum atomic E-state index is -3.95. The summed E-state index contributed by atoms with van der Waals surface area (Å²) in [6.45, 7) is 0. The molecule has 0 amide bonds. The van der Waals surface area contributed by atoms with Crippen LogP contribution in [0.2, 0.25) is 10.0 Å². The second-order valence-electron chi connectivity index (χ2n) is 4.62. The first-order chi connectivity index (χ1) is 10.4. The molecule has 1 heterocycles. The third-order valence-corrected chi connectivity index (χ3v) is 6.22. The van der Waals surface area contributed by atoms with Crippen LogP contribution >= 0.6 is 23.2 Å². The van der Waals surface area contributed by atoms with Gasteiger partial charge in [-0.05, 0) is 18.2 Å². The number of sulfone groups is 1. The lowest BCUT2D eigenvalue weighted by Gasteiger charge is -2.10. The summed E-state index contributed by atoms with van der Waals surface area (Å²) in [5, 5.41) is -0.117. The number of hydrogen-bond acceptors (Lipinski definition) is 3. The van der Waals surface area contributed by atoms with Crippen molar-refractivity contribution in [3.05, 3.63) is 57.3 Å². The second-order valence-corrected chi connectivity index (χ2v) is 7.23. The van der Waals surface area contributed by atoms with Crippen molar-refractivity contribution in [1.29, 1.82) is 0 Å². The molecule has 0 aromatic heterocycles. The molecular formula is C15H9Cl2FO3S. The van der Waals surface area contributed by atoms with E-state index in [0.29, 0.717) is 5.56 Å². The first-order valence-corrected chi connectivity index (χ1v) is 8.39. The predicted molar refractivity (Wildman–Crippen MR) is 84.5 cm³/mol. The van der Waals surface area contributed by atoms with Crippen LogP contribution < -0.4 is 4.74 Å². The van der Waals surface area contributed by atoms with Crippen LogP contribution in [0, 0.1) is 5.82 Å². The Bertz CT molecular complexity index is 921. The maximum atomic E-state index is 13.9. The van der Waals surface area contributed by atoms with Crippen molar-refractivity contribution < 1.29 is 17.5 Å². The number of fused-ring (bicyclic) bond motifs is 1. The number of hydrogen-bond donors (Lipinski definition) is 0. The topological polar surface area (TPSA) is 43.4 Å². The molecule has 3 rings (SSSR count). The molecule has 0 bridgehead atoms. The van der Waals surface area contributed by atoms with E-state index in [9.17, 15) is 12.8 Å². The maximum absolute atomic E-state index is 13.9. The Hall–Kier alpha value is -1.56. The lowest BCUT2D eigenvalue weighted by atomic mass is 10.1. The number of methoxy groups -OCH3 is 1. The lowest BCUT2D eigenvalue weighted by molar-refractivity contribution is 0.414. The summed E-state index contributed by atoms with van der Waals surface area (Å²) in [7, 11) is -2.55. The van der Waals surface area contributed by atoms with E-state index in [0.717, 1.165) is 0 Å². The van der Waals surface area contributed by atoms with Gasteiger partial charge in [-0.1, -0.05) is 41.4 Å². The molecule has 0 aliphatic carbocycles. The first-order valence-electron chi connectivity index (χ1n) is 6.15. The summed E-state index contributed by atoms with van der Waals surface area (Å²) < 4.78 is 44.4. The van der Waals surface area contributed by atoms with Gasteiger partial charge in [-0.15, -0.1) is 0 Å². The monoisotopic (exact) mass is 358 g/mol. The van der Waals surface area contributed by atoms with Gasteiger partial charge in [0.2, 0.25) is 9.84 Å². The average Bonchev–Trinajstić information content (AvgIpc) is 2.74. The Kier molecular flexibility index (Phi) is 3.67. The van der Waals surface area contributed by atoms with Crippen LogP contribution in [0.5, 0.6) is 5.75 Å². The summed E-state index contributed by atoms with van der Waals surface area (Å²) in [6, 6.07) is 7.12. The highest BCUT2D eigenvalue weighted by molar-refractivity contribution is 8.01. The zero-order chi connectivity index (χ0) is 16.1. The summed E-state index contributed by atoms with van der Waals surface area (Å²) in [5.74, 6) is -0.369. The molecule has 0 spiro atoms. The summed E-state index contributed by atoms with van der Waals surface area (Å²) in [6.07, 6.45) is 1.37. The van der Waals surface area contributed by atoms with Gasteiger partial charge in [-0.2, -0.15) is 0 Å². The van der Waals surface area contributed by atoms with Crippen LogP contribution in [0.15, 0.2) is 35.2 Å². The van der Waals surface area contributed by atoms with Gasteiger partial charge in [-0.3, -0.25) is 0 Å². The maximum Gasteiger partial charge on any atom is 0.209 e. The van der Waals surface area contributed by atoms with E-state index in [1.165, 1.54) is 37.5 Å². The normalized spacial score (nSPS) is 15.4. The molecule has 22 heavy (non-hydrogen) atoms. The van der Waals surface area contributed by atoms with Gasteiger partial charge in [0.05, 0.1) is 21.9 Å². The lowest BCUT2D eigenvalue weighted by Crippen LogP contribution is -2.03. The number of benzene rings is 2. The van der Waals surface area contributed by atoms with E-state index in [1.54, 1.807) is 6.07 Å². The van der Waals surface area contributed by atoms with E-state index in [2.05, 4.69) is 0 Å². The third-order valence-electron chi connectivity index (χ3n) is 3.36. The second kappa shape index (κ2) is 5.26. The number of halogens is 3. The van der Waals surface area contributed by atoms with Crippen molar-refractivity contribution in [2.45, 2.75) is 4.90 Å². The molecule has 2 aromatic carbocycles. The SMILES string of the molecule is COc1cc2c(c(Cl)c1Cl)S(=O)(=O)C(c1ccccc1F)=C2. The summed E-state index contributed by atoms with van der Waals surface area (Å²) in [5.41, 5.74) is 0.314. The van der Waals surface area contributed by atoms with Gasteiger partial charge >= 0.3 is 0 Å². The van der Waals surface area contributed by atoms with Gasteiger partial charge < -0.3 is 4.74 Å². The van der Waals surface area contributed by atoms with Crippen molar-refractivity contribution >= 4 is 44.0 Å². The number of ether oxygens (including phenoxy) is 1. The molecular weight excluding hydrogens is 350 g/mol. The minimum absolute atomic E-state index is 0.00896. The molecule has 1 aliphatic rings. The van der Waals surface area contributed by atoms with Crippen molar-refractivity contribution in [3.63, 3.8) is 0 Å². The van der Waals surface area contributed by atoms with Crippen molar-refractivity contribution in [3.8, 4) is 5.75 Å². The fraction of sp³-hybridized carbons (Fsp3) is 0.0667.